The molecule has 0 radical (unpaired) electrons. The number of nitrogens with one attached hydrogen (secondary N) is 1. The van der Waals surface area contributed by atoms with Crippen LogP contribution in [0.4, 0.5) is 5.82 Å². The predicted molar refractivity (Wildman–Crippen MR) is 84.1 cm³/mol. The summed E-state index contributed by atoms with van der Waals surface area (Å²) in [6.45, 7) is 8.99. The summed E-state index contributed by atoms with van der Waals surface area (Å²) in [7, 11) is 0. The van der Waals surface area contributed by atoms with Crippen LogP contribution >= 0.6 is 0 Å². The third-order valence-corrected chi connectivity index (χ3v) is 4.64. The number of anilines is 1. The first-order valence-corrected chi connectivity index (χ1v) is 8.09. The summed E-state index contributed by atoms with van der Waals surface area (Å²) in [6, 6.07) is 5.32. The Balaban J connectivity index is 1.83. The summed E-state index contributed by atoms with van der Waals surface area (Å²) in [5, 5.41) is 3.62. The third-order valence-electron chi connectivity index (χ3n) is 4.64. The van der Waals surface area contributed by atoms with E-state index in [0.29, 0.717) is 0 Å². The minimum atomic E-state index is 0.251. The maximum absolute atomic E-state index is 4.87. The van der Waals surface area contributed by atoms with Crippen LogP contribution in [-0.4, -0.2) is 23.1 Å². The SMILES string of the molecule is CCc1cc(CNC2CC2)cc(N2CCCC2(C)C)n1. The van der Waals surface area contributed by atoms with Gasteiger partial charge in [0.05, 0.1) is 0 Å². The number of aromatic nitrogens is 1. The van der Waals surface area contributed by atoms with Crippen molar-refractivity contribution in [2.45, 2.75) is 71.0 Å². The predicted octanol–water partition coefficient (Wildman–Crippen LogP) is 3.27. The van der Waals surface area contributed by atoms with E-state index < -0.39 is 0 Å². The third kappa shape index (κ3) is 2.98. The van der Waals surface area contributed by atoms with Gasteiger partial charge in [-0.25, -0.2) is 4.98 Å². The highest BCUT2D eigenvalue weighted by atomic mass is 15.3. The molecule has 1 aromatic rings. The second kappa shape index (κ2) is 5.36. The van der Waals surface area contributed by atoms with Gasteiger partial charge in [-0.2, -0.15) is 0 Å². The fourth-order valence-electron chi connectivity index (χ4n) is 3.14. The second-order valence-electron chi connectivity index (χ2n) is 6.90. The fraction of sp³-hybridized carbons (Fsp3) is 0.706. The molecule has 2 aliphatic rings. The average Bonchev–Trinajstić information content (AvgIpc) is 3.18. The Morgan fingerprint density at radius 1 is 1.35 bits per heavy atom. The van der Waals surface area contributed by atoms with E-state index in [1.165, 1.54) is 42.8 Å². The molecule has 1 aliphatic carbocycles. The van der Waals surface area contributed by atoms with Gasteiger partial charge in [0.15, 0.2) is 0 Å². The van der Waals surface area contributed by atoms with E-state index in [4.69, 9.17) is 4.98 Å². The maximum atomic E-state index is 4.87. The zero-order chi connectivity index (χ0) is 14.2. The Kier molecular flexibility index (Phi) is 3.72. The van der Waals surface area contributed by atoms with E-state index in [0.717, 1.165) is 25.6 Å². The Morgan fingerprint density at radius 3 is 2.75 bits per heavy atom. The van der Waals surface area contributed by atoms with Crippen LogP contribution in [0.15, 0.2) is 12.1 Å². The van der Waals surface area contributed by atoms with Crippen molar-refractivity contribution < 1.29 is 0 Å². The Labute approximate surface area is 122 Å². The molecule has 3 nitrogen and oxygen atoms in total. The van der Waals surface area contributed by atoms with Crippen molar-refractivity contribution in [2.75, 3.05) is 11.4 Å². The molecule has 1 aromatic heterocycles. The summed E-state index contributed by atoms with van der Waals surface area (Å²) < 4.78 is 0. The van der Waals surface area contributed by atoms with Crippen LogP contribution in [0.5, 0.6) is 0 Å². The van der Waals surface area contributed by atoms with Gasteiger partial charge in [-0.1, -0.05) is 6.92 Å². The fourth-order valence-corrected chi connectivity index (χ4v) is 3.14. The molecule has 0 bridgehead atoms. The standard InChI is InChI=1S/C17H27N3/c1-4-14-10-13(12-18-15-6-7-15)11-16(19-14)20-9-5-8-17(20,2)3/h10-11,15,18H,4-9,12H2,1-3H3. The van der Waals surface area contributed by atoms with Gasteiger partial charge in [-0.05, 0) is 63.6 Å². The van der Waals surface area contributed by atoms with Crippen molar-refractivity contribution in [1.82, 2.24) is 10.3 Å². The summed E-state index contributed by atoms with van der Waals surface area (Å²) in [5.74, 6) is 1.18. The quantitative estimate of drug-likeness (QED) is 0.892. The molecule has 1 aliphatic heterocycles. The van der Waals surface area contributed by atoms with E-state index in [2.05, 4.69) is 43.1 Å². The molecule has 20 heavy (non-hydrogen) atoms. The normalized spacial score (nSPS) is 21.4. The summed E-state index contributed by atoms with van der Waals surface area (Å²) >= 11 is 0. The lowest BCUT2D eigenvalue weighted by molar-refractivity contribution is 0.513. The number of aryl methyl sites for hydroxylation is 1. The van der Waals surface area contributed by atoms with Gasteiger partial charge < -0.3 is 10.2 Å². The minimum absolute atomic E-state index is 0.251. The molecule has 0 unspecified atom stereocenters. The number of hydrogen-bond donors (Lipinski definition) is 1. The van der Waals surface area contributed by atoms with Gasteiger partial charge in [-0.15, -0.1) is 0 Å². The van der Waals surface area contributed by atoms with Crippen molar-refractivity contribution >= 4 is 5.82 Å². The molecule has 110 valence electrons. The molecule has 0 atom stereocenters. The van der Waals surface area contributed by atoms with Gasteiger partial charge in [0, 0.05) is 30.4 Å². The second-order valence-corrected chi connectivity index (χ2v) is 6.90. The molecule has 0 spiro atoms. The van der Waals surface area contributed by atoms with Crippen molar-refractivity contribution in [3.8, 4) is 0 Å². The van der Waals surface area contributed by atoms with Crippen LogP contribution in [0.25, 0.3) is 0 Å². The van der Waals surface area contributed by atoms with Gasteiger partial charge >= 0.3 is 0 Å². The van der Waals surface area contributed by atoms with Crippen LogP contribution in [0.2, 0.25) is 0 Å². The lowest BCUT2D eigenvalue weighted by Gasteiger charge is -2.33. The molecule has 0 aromatic carbocycles. The van der Waals surface area contributed by atoms with Crippen molar-refractivity contribution in [1.29, 1.82) is 0 Å². The molecule has 1 saturated carbocycles. The average molecular weight is 273 g/mol. The van der Waals surface area contributed by atoms with E-state index in [9.17, 15) is 0 Å². The highest BCUT2D eigenvalue weighted by Crippen LogP contribution is 2.33. The van der Waals surface area contributed by atoms with Crippen LogP contribution in [-0.2, 0) is 13.0 Å². The van der Waals surface area contributed by atoms with Crippen molar-refractivity contribution in [3.05, 3.63) is 23.4 Å². The lowest BCUT2D eigenvalue weighted by Crippen LogP contribution is -2.38. The van der Waals surface area contributed by atoms with E-state index >= 15 is 0 Å². The minimum Gasteiger partial charge on any atom is -0.351 e. The molecule has 3 rings (SSSR count). The maximum Gasteiger partial charge on any atom is 0.129 e. The van der Waals surface area contributed by atoms with E-state index in [1.54, 1.807) is 0 Å². The van der Waals surface area contributed by atoms with Gasteiger partial charge in [0.2, 0.25) is 0 Å². The van der Waals surface area contributed by atoms with E-state index in [-0.39, 0.29) is 5.54 Å². The van der Waals surface area contributed by atoms with Crippen LogP contribution in [0.1, 0.15) is 57.7 Å². The Bertz CT molecular complexity index is 477. The topological polar surface area (TPSA) is 28.2 Å². The number of nitrogens with zero attached hydrogens (tertiary/aromatic N) is 2. The van der Waals surface area contributed by atoms with Gasteiger partial charge in [-0.3, -0.25) is 0 Å². The molecule has 1 N–H and O–H groups in total. The zero-order valence-corrected chi connectivity index (χ0v) is 13.1. The zero-order valence-electron chi connectivity index (χ0n) is 13.1. The van der Waals surface area contributed by atoms with Crippen molar-refractivity contribution in [2.24, 2.45) is 0 Å². The molecule has 1 saturated heterocycles. The molecular weight excluding hydrogens is 246 g/mol. The summed E-state index contributed by atoms with van der Waals surface area (Å²) in [5.41, 5.74) is 2.86. The summed E-state index contributed by atoms with van der Waals surface area (Å²) in [6.07, 6.45) is 6.25. The monoisotopic (exact) mass is 273 g/mol. The smallest absolute Gasteiger partial charge is 0.129 e. The number of hydrogen-bond acceptors (Lipinski definition) is 3. The Morgan fingerprint density at radius 2 is 2.15 bits per heavy atom. The first-order chi connectivity index (χ1) is 9.58. The number of pyridine rings is 1. The molecule has 2 fully saturated rings. The molecule has 0 amide bonds. The highest BCUT2D eigenvalue weighted by molar-refractivity contribution is 5.46. The molecule has 3 heteroatoms. The van der Waals surface area contributed by atoms with Gasteiger partial charge in [0.25, 0.3) is 0 Å². The van der Waals surface area contributed by atoms with Crippen LogP contribution in [0, 0.1) is 0 Å². The Hall–Kier alpha value is -1.09. The first kappa shape index (κ1) is 13.9. The molecular formula is C17H27N3. The summed E-state index contributed by atoms with van der Waals surface area (Å²) in [4.78, 5) is 7.36. The largest absolute Gasteiger partial charge is 0.351 e. The van der Waals surface area contributed by atoms with E-state index in [1.807, 2.05) is 0 Å². The van der Waals surface area contributed by atoms with Crippen LogP contribution in [0.3, 0.4) is 0 Å². The van der Waals surface area contributed by atoms with Crippen molar-refractivity contribution in [3.63, 3.8) is 0 Å². The number of rotatable bonds is 5. The van der Waals surface area contributed by atoms with Gasteiger partial charge in [0.1, 0.15) is 5.82 Å². The first-order valence-electron chi connectivity index (χ1n) is 8.09. The lowest BCUT2D eigenvalue weighted by atomic mass is 10.0. The highest BCUT2D eigenvalue weighted by Gasteiger charge is 2.33. The molecule has 2 heterocycles. The van der Waals surface area contributed by atoms with Crippen LogP contribution < -0.4 is 10.2 Å².